The zero-order valence-electron chi connectivity index (χ0n) is 18.3. The summed E-state index contributed by atoms with van der Waals surface area (Å²) < 4.78 is 27.9. The van der Waals surface area contributed by atoms with Crippen molar-refractivity contribution in [2.45, 2.75) is 44.6 Å². The molecule has 0 aliphatic heterocycles. The highest BCUT2D eigenvalue weighted by Crippen LogP contribution is 2.18. The lowest BCUT2D eigenvalue weighted by Crippen LogP contribution is -2.52. The second-order valence-electron chi connectivity index (χ2n) is 8.19. The van der Waals surface area contributed by atoms with Crippen molar-refractivity contribution < 1.29 is 18.0 Å². The number of sulfonamides is 1. The zero-order chi connectivity index (χ0) is 23.3. The van der Waals surface area contributed by atoms with Crippen LogP contribution in [0.5, 0.6) is 0 Å². The third kappa shape index (κ3) is 5.95. The standard InChI is InChI=1S/C23H28N4O4S/c1-15(2)12-21(27-32(30,31)18-10-8-16(3)9-11-18)23(29)26-25-22(28)13-17-14-24-20-7-5-4-6-19(17)20/h4-11,14-15,21,24,27H,12-13H2,1-3H3,(H,25,28)(H,26,29)/t21-/m1/s1. The Hall–Kier alpha value is -3.17. The van der Waals surface area contributed by atoms with E-state index in [1.54, 1.807) is 18.3 Å². The van der Waals surface area contributed by atoms with Crippen LogP contribution in [0.15, 0.2) is 59.6 Å². The Balaban J connectivity index is 1.64. The predicted molar refractivity (Wildman–Crippen MR) is 123 cm³/mol. The lowest BCUT2D eigenvalue weighted by molar-refractivity contribution is -0.129. The maximum atomic E-state index is 12.7. The molecule has 0 unspecified atom stereocenters. The van der Waals surface area contributed by atoms with Crippen molar-refractivity contribution in [2.75, 3.05) is 0 Å². The first-order chi connectivity index (χ1) is 15.2. The molecule has 170 valence electrons. The van der Waals surface area contributed by atoms with Crippen LogP contribution < -0.4 is 15.6 Å². The Labute approximate surface area is 187 Å². The van der Waals surface area contributed by atoms with Gasteiger partial charge in [-0.15, -0.1) is 0 Å². The number of aromatic amines is 1. The van der Waals surface area contributed by atoms with Crippen molar-refractivity contribution in [2.24, 2.45) is 5.92 Å². The van der Waals surface area contributed by atoms with Crippen LogP contribution in [0.4, 0.5) is 0 Å². The molecule has 32 heavy (non-hydrogen) atoms. The zero-order valence-corrected chi connectivity index (χ0v) is 19.1. The second-order valence-corrected chi connectivity index (χ2v) is 9.90. The molecular formula is C23H28N4O4S. The average Bonchev–Trinajstić information content (AvgIpc) is 3.14. The van der Waals surface area contributed by atoms with Crippen molar-refractivity contribution in [1.82, 2.24) is 20.6 Å². The number of carbonyl (C=O) groups excluding carboxylic acids is 2. The fourth-order valence-corrected chi connectivity index (χ4v) is 4.57. The number of nitrogens with one attached hydrogen (secondary N) is 4. The number of rotatable bonds is 8. The topological polar surface area (TPSA) is 120 Å². The molecule has 1 heterocycles. The number of hydrazine groups is 1. The summed E-state index contributed by atoms with van der Waals surface area (Å²) in [6.45, 7) is 5.63. The van der Waals surface area contributed by atoms with Crippen molar-refractivity contribution in [1.29, 1.82) is 0 Å². The first kappa shape index (κ1) is 23.5. The number of aryl methyl sites for hydroxylation is 1. The summed E-state index contributed by atoms with van der Waals surface area (Å²) >= 11 is 0. The third-order valence-corrected chi connectivity index (χ3v) is 6.49. The van der Waals surface area contributed by atoms with Crippen molar-refractivity contribution in [3.8, 4) is 0 Å². The largest absolute Gasteiger partial charge is 0.361 e. The average molecular weight is 457 g/mol. The van der Waals surface area contributed by atoms with Crippen LogP contribution in [0.2, 0.25) is 0 Å². The molecule has 9 heteroatoms. The van der Waals surface area contributed by atoms with Crippen LogP contribution >= 0.6 is 0 Å². The molecule has 3 rings (SSSR count). The van der Waals surface area contributed by atoms with E-state index in [9.17, 15) is 18.0 Å². The predicted octanol–water partition coefficient (Wildman–Crippen LogP) is 2.56. The van der Waals surface area contributed by atoms with Gasteiger partial charge in [0.25, 0.3) is 5.91 Å². The summed E-state index contributed by atoms with van der Waals surface area (Å²) in [4.78, 5) is 28.2. The summed E-state index contributed by atoms with van der Waals surface area (Å²) in [6, 6.07) is 12.9. The van der Waals surface area contributed by atoms with Crippen LogP contribution in [0.25, 0.3) is 10.9 Å². The molecule has 0 fully saturated rings. The Morgan fingerprint density at radius 1 is 1.00 bits per heavy atom. The highest BCUT2D eigenvalue weighted by Gasteiger charge is 2.27. The minimum Gasteiger partial charge on any atom is -0.361 e. The summed E-state index contributed by atoms with van der Waals surface area (Å²) in [5.41, 5.74) is 7.39. The molecule has 0 saturated carbocycles. The summed E-state index contributed by atoms with van der Waals surface area (Å²) in [5, 5.41) is 0.928. The fraction of sp³-hybridized carbons (Fsp3) is 0.304. The molecule has 0 spiro atoms. The molecule has 2 aromatic carbocycles. The Morgan fingerprint density at radius 3 is 2.38 bits per heavy atom. The molecule has 1 atom stereocenters. The fourth-order valence-electron chi connectivity index (χ4n) is 3.37. The minimum atomic E-state index is -3.90. The van der Waals surface area contributed by atoms with Gasteiger partial charge in [0.05, 0.1) is 11.3 Å². The van der Waals surface area contributed by atoms with Gasteiger partial charge in [0.1, 0.15) is 6.04 Å². The van der Waals surface area contributed by atoms with Crippen molar-refractivity contribution >= 4 is 32.7 Å². The monoisotopic (exact) mass is 456 g/mol. The number of hydrogen-bond donors (Lipinski definition) is 4. The SMILES string of the molecule is Cc1ccc(S(=O)(=O)N[C@H](CC(C)C)C(=O)NNC(=O)Cc2c[nH]c3ccccc23)cc1. The molecule has 8 nitrogen and oxygen atoms in total. The molecule has 0 saturated heterocycles. The van der Waals surface area contributed by atoms with E-state index in [4.69, 9.17) is 0 Å². The van der Waals surface area contributed by atoms with E-state index in [0.29, 0.717) is 0 Å². The van der Waals surface area contributed by atoms with Gasteiger partial charge in [-0.3, -0.25) is 20.4 Å². The van der Waals surface area contributed by atoms with E-state index >= 15 is 0 Å². The van der Waals surface area contributed by atoms with Crippen molar-refractivity contribution in [3.63, 3.8) is 0 Å². The van der Waals surface area contributed by atoms with E-state index in [1.807, 2.05) is 45.0 Å². The first-order valence-corrected chi connectivity index (χ1v) is 11.9. The highest BCUT2D eigenvalue weighted by atomic mass is 32.2. The minimum absolute atomic E-state index is 0.0494. The van der Waals surface area contributed by atoms with Gasteiger partial charge in [-0.2, -0.15) is 4.72 Å². The molecule has 0 radical (unpaired) electrons. The molecule has 0 aliphatic rings. The van der Waals surface area contributed by atoms with Gasteiger partial charge >= 0.3 is 0 Å². The smallest absolute Gasteiger partial charge is 0.256 e. The molecule has 1 aromatic heterocycles. The summed E-state index contributed by atoms with van der Waals surface area (Å²) in [6.07, 6.45) is 2.09. The number of fused-ring (bicyclic) bond motifs is 1. The molecule has 4 N–H and O–H groups in total. The lowest BCUT2D eigenvalue weighted by Gasteiger charge is -2.20. The lowest BCUT2D eigenvalue weighted by atomic mass is 10.0. The molecular weight excluding hydrogens is 428 g/mol. The first-order valence-electron chi connectivity index (χ1n) is 10.4. The number of H-pyrrole nitrogens is 1. The Bertz CT molecular complexity index is 1200. The normalized spacial score (nSPS) is 12.6. The highest BCUT2D eigenvalue weighted by molar-refractivity contribution is 7.89. The number of hydrogen-bond acceptors (Lipinski definition) is 4. The second kappa shape index (κ2) is 9.97. The number of aromatic nitrogens is 1. The van der Waals surface area contributed by atoms with Gasteiger partial charge in [-0.1, -0.05) is 49.7 Å². The Kier molecular flexibility index (Phi) is 7.32. The van der Waals surface area contributed by atoms with Gasteiger partial charge in [0, 0.05) is 17.1 Å². The van der Waals surface area contributed by atoms with E-state index in [0.717, 1.165) is 22.0 Å². The molecule has 0 aliphatic carbocycles. The van der Waals surface area contributed by atoms with Crippen LogP contribution in [0.3, 0.4) is 0 Å². The van der Waals surface area contributed by atoms with E-state index in [-0.39, 0.29) is 23.7 Å². The molecule has 3 aromatic rings. The van der Waals surface area contributed by atoms with Crippen LogP contribution in [0.1, 0.15) is 31.4 Å². The van der Waals surface area contributed by atoms with Gasteiger partial charge in [0.15, 0.2) is 0 Å². The quantitative estimate of drug-likeness (QED) is 0.389. The number of benzene rings is 2. The number of carbonyl (C=O) groups is 2. The summed E-state index contributed by atoms with van der Waals surface area (Å²) in [5.74, 6) is -0.983. The Morgan fingerprint density at radius 2 is 1.69 bits per heavy atom. The summed E-state index contributed by atoms with van der Waals surface area (Å²) in [7, 11) is -3.90. The molecule has 0 bridgehead atoms. The third-order valence-electron chi connectivity index (χ3n) is 5.00. The number of para-hydroxylation sites is 1. The van der Waals surface area contributed by atoms with E-state index in [1.165, 1.54) is 12.1 Å². The molecule has 2 amide bonds. The number of amides is 2. The van der Waals surface area contributed by atoms with Crippen molar-refractivity contribution in [3.05, 3.63) is 65.9 Å². The maximum absolute atomic E-state index is 12.7. The van der Waals surface area contributed by atoms with Crippen LogP contribution in [-0.4, -0.2) is 31.3 Å². The van der Waals surface area contributed by atoms with Gasteiger partial charge in [-0.25, -0.2) is 8.42 Å². The van der Waals surface area contributed by atoms with Crippen LogP contribution in [-0.2, 0) is 26.0 Å². The van der Waals surface area contributed by atoms with Crippen LogP contribution in [0, 0.1) is 12.8 Å². The van der Waals surface area contributed by atoms with Gasteiger partial charge < -0.3 is 4.98 Å². The maximum Gasteiger partial charge on any atom is 0.256 e. The van der Waals surface area contributed by atoms with Gasteiger partial charge in [-0.05, 0) is 43.0 Å². The van der Waals surface area contributed by atoms with Gasteiger partial charge in [0.2, 0.25) is 15.9 Å². The van der Waals surface area contributed by atoms with E-state index in [2.05, 4.69) is 20.6 Å². The van der Waals surface area contributed by atoms with E-state index < -0.39 is 27.9 Å².